The molecule has 3 fully saturated rings. The first-order chi connectivity index (χ1) is 22.2. The van der Waals surface area contributed by atoms with Gasteiger partial charge in [0.05, 0.1) is 26.2 Å². The van der Waals surface area contributed by atoms with Crippen molar-refractivity contribution in [2.24, 2.45) is 11.8 Å². The molecule has 0 bridgehead atoms. The average Bonchev–Trinajstić information content (AvgIpc) is 3.10. The summed E-state index contributed by atoms with van der Waals surface area (Å²) in [7, 11) is 0. The van der Waals surface area contributed by atoms with Gasteiger partial charge in [0.2, 0.25) is 0 Å². The number of hydrogen-bond donors (Lipinski definition) is 0. The first-order valence-corrected chi connectivity index (χ1v) is 18.7. The van der Waals surface area contributed by atoms with Crippen LogP contribution in [0.1, 0.15) is 72.6 Å². The maximum Gasteiger partial charge on any atom is 0.0841 e. The second-order valence-corrected chi connectivity index (χ2v) is 14.5. The number of alkyl halides is 1. The van der Waals surface area contributed by atoms with E-state index in [4.69, 9.17) is 0 Å². The van der Waals surface area contributed by atoms with E-state index in [0.717, 1.165) is 17.2 Å². The van der Waals surface area contributed by atoms with Crippen LogP contribution in [0.15, 0.2) is 121 Å². The lowest BCUT2D eigenvalue weighted by Gasteiger charge is -2.50. The Morgan fingerprint density at radius 1 is 0.533 bits per heavy atom. The van der Waals surface area contributed by atoms with Gasteiger partial charge in [0.15, 0.2) is 0 Å². The van der Waals surface area contributed by atoms with Crippen LogP contribution in [0.2, 0.25) is 0 Å². The molecule has 4 aromatic carbocycles. The summed E-state index contributed by atoms with van der Waals surface area (Å²) in [5, 5.41) is 1.11. The fourth-order valence-electron chi connectivity index (χ4n) is 8.43. The van der Waals surface area contributed by atoms with Crippen molar-refractivity contribution in [3.8, 4) is 0 Å². The fraction of sp³-hybridized carbons (Fsp3) is 0.429. The van der Waals surface area contributed by atoms with Crippen molar-refractivity contribution in [2.45, 2.75) is 50.4 Å². The Morgan fingerprint density at radius 3 is 1.24 bits per heavy atom. The maximum absolute atomic E-state index is 3.55. The number of likely N-dealkylation sites (tertiary alicyclic amines) is 1. The first-order valence-electron chi connectivity index (χ1n) is 17.6. The number of quaternary nitrogens is 1. The highest BCUT2D eigenvalue weighted by molar-refractivity contribution is 9.09. The van der Waals surface area contributed by atoms with Crippen LogP contribution in [-0.2, 0) is 0 Å². The Hall–Kier alpha value is -2.72. The molecule has 0 unspecified atom stereocenters. The molecule has 0 saturated carbocycles. The van der Waals surface area contributed by atoms with Crippen molar-refractivity contribution >= 4 is 15.9 Å². The highest BCUT2D eigenvalue weighted by Gasteiger charge is 2.41. The van der Waals surface area contributed by atoms with E-state index in [1.54, 1.807) is 0 Å². The van der Waals surface area contributed by atoms with E-state index in [1.807, 2.05) is 0 Å². The molecule has 3 heterocycles. The second-order valence-electron chi connectivity index (χ2n) is 13.7. The monoisotopic (exact) mass is 663 g/mol. The molecule has 3 aliphatic rings. The minimum absolute atomic E-state index is 0.538. The summed E-state index contributed by atoms with van der Waals surface area (Å²) in [6.45, 7) is 9.41. The van der Waals surface area contributed by atoms with E-state index in [0.29, 0.717) is 11.8 Å². The third kappa shape index (κ3) is 8.36. The van der Waals surface area contributed by atoms with Gasteiger partial charge in [0.1, 0.15) is 0 Å². The summed E-state index contributed by atoms with van der Waals surface area (Å²) >= 11 is 3.55. The predicted molar refractivity (Wildman–Crippen MR) is 194 cm³/mol. The van der Waals surface area contributed by atoms with Gasteiger partial charge >= 0.3 is 0 Å². The second kappa shape index (κ2) is 16.2. The molecule has 0 radical (unpaired) electrons. The minimum atomic E-state index is 0.538. The Kier molecular flexibility index (Phi) is 11.6. The van der Waals surface area contributed by atoms with Gasteiger partial charge in [-0.3, -0.25) is 0 Å². The molecule has 45 heavy (non-hydrogen) atoms. The molecular formula is C42H52BrN2+. The fourth-order valence-corrected chi connectivity index (χ4v) is 8.68. The van der Waals surface area contributed by atoms with Crippen molar-refractivity contribution < 1.29 is 4.48 Å². The largest absolute Gasteiger partial charge is 0.323 e. The van der Waals surface area contributed by atoms with E-state index in [-0.39, 0.29) is 0 Å². The zero-order valence-electron chi connectivity index (χ0n) is 27.0. The lowest BCUT2D eigenvalue weighted by Crippen LogP contribution is -2.61. The van der Waals surface area contributed by atoms with Crippen molar-refractivity contribution in [2.75, 3.05) is 51.1 Å². The first kappa shape index (κ1) is 32.2. The molecule has 0 aliphatic carbocycles. The Morgan fingerprint density at radius 2 is 0.911 bits per heavy atom. The van der Waals surface area contributed by atoms with Crippen LogP contribution in [0, 0.1) is 11.8 Å². The Labute approximate surface area is 281 Å². The van der Waals surface area contributed by atoms with Gasteiger partial charge in [0, 0.05) is 36.4 Å². The molecule has 3 saturated heterocycles. The third-order valence-corrected chi connectivity index (χ3v) is 11.6. The summed E-state index contributed by atoms with van der Waals surface area (Å²) in [6, 6.07) is 44.5. The van der Waals surface area contributed by atoms with Crippen LogP contribution < -0.4 is 0 Å². The van der Waals surface area contributed by atoms with Crippen LogP contribution >= 0.6 is 15.9 Å². The normalized spacial score (nSPS) is 18.8. The third-order valence-electron chi connectivity index (χ3n) is 11.0. The molecule has 2 nitrogen and oxygen atoms in total. The van der Waals surface area contributed by atoms with Gasteiger partial charge in [-0.05, 0) is 73.0 Å². The number of halogens is 1. The van der Waals surface area contributed by atoms with Crippen LogP contribution in [-0.4, -0.2) is 60.5 Å². The SMILES string of the molecule is BrCCCN1CCC(C(c2ccccc2)c2ccccc2)CC1.c1ccc(C(c2ccccc2)C2CC[N+]3(CCC3)CC2)cc1. The Bertz CT molecular complexity index is 1290. The summed E-state index contributed by atoms with van der Waals surface area (Å²) in [5.74, 6) is 2.66. The molecule has 0 atom stereocenters. The number of hydrogen-bond acceptors (Lipinski definition) is 1. The lowest BCUT2D eigenvalue weighted by atomic mass is 9.75. The molecule has 3 aliphatic heterocycles. The maximum atomic E-state index is 3.55. The van der Waals surface area contributed by atoms with E-state index in [9.17, 15) is 0 Å². The molecule has 7 rings (SSSR count). The highest BCUT2D eigenvalue weighted by atomic mass is 79.9. The summed E-state index contributed by atoms with van der Waals surface area (Å²) in [5.41, 5.74) is 5.93. The molecule has 3 heteroatoms. The summed E-state index contributed by atoms with van der Waals surface area (Å²) < 4.78 is 1.42. The summed E-state index contributed by atoms with van der Waals surface area (Å²) in [4.78, 5) is 2.63. The standard InChI is InChI=1S/C21H26BrN.C21H26N/c22-14-7-15-23-16-12-20(13-17-23)21(18-8-3-1-4-9-18)19-10-5-2-6-11-19;1-3-8-18(9-4-1)21(19-10-5-2-6-11-19)20-12-16-22(17-13-20)14-7-15-22/h1-6,8-11,20-21H,7,12-17H2;1-6,8-11,20-21H,7,12-17H2/q;+1. The van der Waals surface area contributed by atoms with Crippen LogP contribution in [0.25, 0.3) is 0 Å². The average molecular weight is 665 g/mol. The molecule has 4 aromatic rings. The van der Waals surface area contributed by atoms with Crippen LogP contribution in [0.4, 0.5) is 0 Å². The van der Waals surface area contributed by atoms with Gasteiger partial charge in [-0.15, -0.1) is 0 Å². The topological polar surface area (TPSA) is 3.24 Å². The van der Waals surface area contributed by atoms with E-state index < -0.39 is 0 Å². The van der Waals surface area contributed by atoms with Crippen LogP contribution in [0.5, 0.6) is 0 Å². The Balaban J connectivity index is 0.000000159. The summed E-state index contributed by atoms with van der Waals surface area (Å²) in [6.07, 6.45) is 8.08. The van der Waals surface area contributed by atoms with Gasteiger partial charge < -0.3 is 9.38 Å². The van der Waals surface area contributed by atoms with E-state index in [2.05, 4.69) is 142 Å². The molecule has 0 N–H and O–H groups in total. The predicted octanol–water partition coefficient (Wildman–Crippen LogP) is 9.76. The molecule has 0 amide bonds. The number of rotatable bonds is 9. The number of benzene rings is 4. The zero-order valence-corrected chi connectivity index (χ0v) is 28.6. The van der Waals surface area contributed by atoms with Crippen molar-refractivity contribution in [3.05, 3.63) is 144 Å². The number of piperidine rings is 2. The zero-order chi connectivity index (χ0) is 30.7. The van der Waals surface area contributed by atoms with Gasteiger partial charge in [-0.2, -0.15) is 0 Å². The van der Waals surface area contributed by atoms with Crippen molar-refractivity contribution in [1.29, 1.82) is 0 Å². The minimum Gasteiger partial charge on any atom is -0.323 e. The molecule has 0 aromatic heterocycles. The van der Waals surface area contributed by atoms with Crippen molar-refractivity contribution in [3.63, 3.8) is 0 Å². The van der Waals surface area contributed by atoms with Gasteiger partial charge in [0.25, 0.3) is 0 Å². The van der Waals surface area contributed by atoms with Crippen LogP contribution in [0.3, 0.4) is 0 Å². The van der Waals surface area contributed by atoms with E-state index >= 15 is 0 Å². The van der Waals surface area contributed by atoms with Gasteiger partial charge in [-0.1, -0.05) is 137 Å². The quantitative estimate of drug-likeness (QED) is 0.127. The smallest absolute Gasteiger partial charge is 0.0841 e. The van der Waals surface area contributed by atoms with Crippen molar-refractivity contribution in [1.82, 2.24) is 4.90 Å². The van der Waals surface area contributed by atoms with E-state index in [1.165, 1.54) is 111 Å². The highest BCUT2D eigenvalue weighted by Crippen LogP contribution is 2.41. The molecule has 236 valence electrons. The molecular weight excluding hydrogens is 612 g/mol. The van der Waals surface area contributed by atoms with Gasteiger partial charge in [-0.25, -0.2) is 0 Å². The molecule has 1 spiro atoms. The lowest BCUT2D eigenvalue weighted by molar-refractivity contribution is -0.968. The number of nitrogens with zero attached hydrogens (tertiary/aromatic N) is 2.